The van der Waals surface area contributed by atoms with Crippen molar-refractivity contribution >= 4 is 17.4 Å². The molecule has 0 aromatic carbocycles. The highest BCUT2D eigenvalue weighted by Crippen LogP contribution is 2.15. The van der Waals surface area contributed by atoms with Crippen molar-refractivity contribution in [3.05, 3.63) is 21.9 Å². The Morgan fingerprint density at radius 3 is 2.67 bits per heavy atom. The molecule has 1 aromatic heterocycles. The number of aryl methyl sites for hydroxylation is 1. The molecule has 1 atom stereocenters. The van der Waals surface area contributed by atoms with Crippen molar-refractivity contribution in [2.24, 2.45) is 0 Å². The minimum Gasteiger partial charge on any atom is -0.444 e. The second kappa shape index (κ2) is 8.39. The van der Waals surface area contributed by atoms with Crippen LogP contribution in [-0.2, 0) is 11.3 Å². The molecule has 0 bridgehead atoms. The van der Waals surface area contributed by atoms with Gasteiger partial charge in [-0.25, -0.2) is 4.79 Å². The van der Waals surface area contributed by atoms with Crippen LogP contribution in [0.3, 0.4) is 0 Å². The average molecular weight is 312 g/mol. The molecular formula is C16H28N2O2S. The minimum atomic E-state index is -0.453. The topological polar surface area (TPSA) is 50.4 Å². The number of rotatable bonds is 7. The van der Waals surface area contributed by atoms with Crippen LogP contribution in [-0.4, -0.2) is 24.3 Å². The van der Waals surface area contributed by atoms with Gasteiger partial charge in [0.1, 0.15) is 5.60 Å². The monoisotopic (exact) mass is 312 g/mol. The lowest BCUT2D eigenvalue weighted by atomic mass is 10.1. The molecule has 1 amide bonds. The summed E-state index contributed by atoms with van der Waals surface area (Å²) < 4.78 is 5.26. The smallest absolute Gasteiger partial charge is 0.407 e. The summed E-state index contributed by atoms with van der Waals surface area (Å²) in [5.74, 6) is 0. The third-order valence-corrected chi connectivity index (χ3v) is 4.07. The van der Waals surface area contributed by atoms with Gasteiger partial charge in [0.15, 0.2) is 0 Å². The van der Waals surface area contributed by atoms with Crippen LogP contribution in [0.2, 0.25) is 0 Å². The van der Waals surface area contributed by atoms with Crippen molar-refractivity contribution < 1.29 is 9.53 Å². The Morgan fingerprint density at radius 2 is 2.14 bits per heavy atom. The molecule has 5 heteroatoms. The summed E-state index contributed by atoms with van der Waals surface area (Å²) in [6.45, 7) is 11.3. The molecule has 21 heavy (non-hydrogen) atoms. The molecule has 1 rings (SSSR count). The molecule has 1 unspecified atom stereocenters. The Balaban J connectivity index is 2.39. The molecule has 0 spiro atoms. The van der Waals surface area contributed by atoms with E-state index in [-0.39, 0.29) is 12.1 Å². The molecule has 0 radical (unpaired) electrons. The molecular weight excluding hydrogens is 284 g/mol. The van der Waals surface area contributed by atoms with Gasteiger partial charge in [-0.2, -0.15) is 0 Å². The van der Waals surface area contributed by atoms with Gasteiger partial charge in [-0.15, -0.1) is 11.3 Å². The SMILES string of the molecule is CCCC(CNC(=O)OC(C)(C)C)NCc1sccc1C. The number of hydrogen-bond acceptors (Lipinski definition) is 4. The Kier molecular flexibility index (Phi) is 7.18. The van der Waals surface area contributed by atoms with Crippen molar-refractivity contribution in [3.63, 3.8) is 0 Å². The lowest BCUT2D eigenvalue weighted by Gasteiger charge is -2.22. The Morgan fingerprint density at radius 1 is 1.43 bits per heavy atom. The predicted molar refractivity (Wildman–Crippen MR) is 88.8 cm³/mol. The molecule has 0 saturated carbocycles. The first kappa shape index (κ1) is 18.0. The van der Waals surface area contributed by atoms with Gasteiger partial charge in [0.2, 0.25) is 0 Å². The highest BCUT2D eigenvalue weighted by Gasteiger charge is 2.17. The van der Waals surface area contributed by atoms with Crippen molar-refractivity contribution in [1.29, 1.82) is 0 Å². The van der Waals surface area contributed by atoms with Gasteiger partial charge < -0.3 is 15.4 Å². The standard InChI is InChI=1S/C16H28N2O2S/c1-6-7-13(10-18-15(19)20-16(3,4)5)17-11-14-12(2)8-9-21-14/h8-9,13,17H,6-7,10-11H2,1-5H3,(H,18,19). The van der Waals surface area contributed by atoms with Gasteiger partial charge >= 0.3 is 6.09 Å². The number of alkyl carbamates (subject to hydrolysis) is 1. The molecule has 1 heterocycles. The van der Waals surface area contributed by atoms with Crippen LogP contribution in [0, 0.1) is 6.92 Å². The first-order valence-corrected chi connectivity index (χ1v) is 8.43. The number of carbonyl (C=O) groups excluding carboxylic acids is 1. The Bertz CT molecular complexity index is 438. The molecule has 1 aromatic rings. The van der Waals surface area contributed by atoms with E-state index in [2.05, 4.69) is 35.9 Å². The van der Waals surface area contributed by atoms with Gasteiger partial charge in [0.05, 0.1) is 0 Å². The maximum absolute atomic E-state index is 11.7. The van der Waals surface area contributed by atoms with E-state index >= 15 is 0 Å². The summed E-state index contributed by atoms with van der Waals surface area (Å²) >= 11 is 1.77. The van der Waals surface area contributed by atoms with Crippen LogP contribution in [0.5, 0.6) is 0 Å². The molecule has 2 N–H and O–H groups in total. The first-order valence-electron chi connectivity index (χ1n) is 7.55. The van der Waals surface area contributed by atoms with Crippen LogP contribution in [0.25, 0.3) is 0 Å². The second-order valence-corrected chi connectivity index (χ2v) is 7.28. The lowest BCUT2D eigenvalue weighted by Crippen LogP contribution is -2.42. The predicted octanol–water partition coefficient (Wildman–Crippen LogP) is 3.84. The molecule has 120 valence electrons. The number of thiophene rings is 1. The summed E-state index contributed by atoms with van der Waals surface area (Å²) in [4.78, 5) is 13.1. The number of hydrogen-bond donors (Lipinski definition) is 2. The highest BCUT2D eigenvalue weighted by molar-refractivity contribution is 7.10. The van der Waals surface area contributed by atoms with E-state index in [1.807, 2.05) is 20.8 Å². The van der Waals surface area contributed by atoms with Gasteiger partial charge in [-0.05, 0) is 51.1 Å². The molecule has 0 aliphatic rings. The fourth-order valence-electron chi connectivity index (χ4n) is 1.97. The van der Waals surface area contributed by atoms with E-state index in [9.17, 15) is 4.79 Å². The van der Waals surface area contributed by atoms with Crippen LogP contribution < -0.4 is 10.6 Å². The maximum atomic E-state index is 11.7. The molecule has 0 aliphatic heterocycles. The molecule has 0 saturated heterocycles. The van der Waals surface area contributed by atoms with Crippen molar-refractivity contribution in [1.82, 2.24) is 10.6 Å². The highest BCUT2D eigenvalue weighted by atomic mass is 32.1. The van der Waals surface area contributed by atoms with Gasteiger partial charge in [-0.1, -0.05) is 13.3 Å². The summed E-state index contributed by atoms with van der Waals surface area (Å²) in [5, 5.41) is 8.48. The van der Waals surface area contributed by atoms with E-state index in [4.69, 9.17) is 4.74 Å². The van der Waals surface area contributed by atoms with E-state index in [0.29, 0.717) is 6.54 Å². The molecule has 4 nitrogen and oxygen atoms in total. The van der Waals surface area contributed by atoms with E-state index in [0.717, 1.165) is 19.4 Å². The largest absolute Gasteiger partial charge is 0.444 e. The van der Waals surface area contributed by atoms with E-state index < -0.39 is 5.60 Å². The fraction of sp³-hybridized carbons (Fsp3) is 0.688. The van der Waals surface area contributed by atoms with Crippen molar-refractivity contribution in [3.8, 4) is 0 Å². The average Bonchev–Trinajstić information content (AvgIpc) is 2.76. The van der Waals surface area contributed by atoms with Gasteiger partial charge in [0, 0.05) is 24.0 Å². The van der Waals surface area contributed by atoms with Crippen LogP contribution >= 0.6 is 11.3 Å². The number of amides is 1. The van der Waals surface area contributed by atoms with E-state index in [1.54, 1.807) is 11.3 Å². The Labute approximate surface area is 132 Å². The Hall–Kier alpha value is -1.07. The van der Waals surface area contributed by atoms with Crippen molar-refractivity contribution in [2.45, 2.75) is 65.6 Å². The van der Waals surface area contributed by atoms with Gasteiger partial charge in [-0.3, -0.25) is 0 Å². The number of nitrogens with one attached hydrogen (secondary N) is 2. The van der Waals surface area contributed by atoms with Crippen LogP contribution in [0.1, 0.15) is 51.0 Å². The first-order chi connectivity index (χ1) is 9.81. The molecule has 0 fully saturated rings. The minimum absolute atomic E-state index is 0.268. The van der Waals surface area contributed by atoms with Crippen LogP contribution in [0.15, 0.2) is 11.4 Å². The quantitative estimate of drug-likeness (QED) is 0.804. The number of carbonyl (C=O) groups is 1. The summed E-state index contributed by atoms with van der Waals surface area (Å²) in [6.07, 6.45) is 1.76. The van der Waals surface area contributed by atoms with Gasteiger partial charge in [0.25, 0.3) is 0 Å². The maximum Gasteiger partial charge on any atom is 0.407 e. The fourth-order valence-corrected chi connectivity index (χ4v) is 2.82. The lowest BCUT2D eigenvalue weighted by molar-refractivity contribution is 0.0521. The zero-order valence-corrected chi connectivity index (χ0v) is 14.6. The van der Waals surface area contributed by atoms with Crippen LogP contribution in [0.4, 0.5) is 4.79 Å². The third-order valence-electron chi connectivity index (χ3n) is 3.05. The summed E-state index contributed by atoms with van der Waals surface area (Å²) in [7, 11) is 0. The molecule has 0 aliphatic carbocycles. The third kappa shape index (κ3) is 7.48. The van der Waals surface area contributed by atoms with E-state index in [1.165, 1.54) is 10.4 Å². The second-order valence-electron chi connectivity index (χ2n) is 6.28. The zero-order valence-electron chi connectivity index (χ0n) is 13.8. The zero-order chi connectivity index (χ0) is 15.9. The summed E-state index contributed by atoms with van der Waals surface area (Å²) in [5.41, 5.74) is 0.870. The summed E-state index contributed by atoms with van der Waals surface area (Å²) in [6, 6.07) is 2.40. The normalized spacial score (nSPS) is 13.0. The van der Waals surface area contributed by atoms with Crippen molar-refractivity contribution in [2.75, 3.05) is 6.54 Å². The number of ether oxygens (including phenoxy) is 1.